The number of nitrogens with two attached hydrogens (primary N) is 1. The number of benzene rings is 1. The minimum atomic E-state index is -0.802. The molecule has 1 aromatic heterocycles. The normalized spacial score (nSPS) is 12.6. The summed E-state index contributed by atoms with van der Waals surface area (Å²) < 4.78 is 28.5. The van der Waals surface area contributed by atoms with Gasteiger partial charge < -0.3 is 10.6 Å². The van der Waals surface area contributed by atoms with Gasteiger partial charge in [-0.1, -0.05) is 32.6 Å². The molecule has 6 heteroatoms. The second-order valence-electron chi connectivity index (χ2n) is 6.08. The van der Waals surface area contributed by atoms with Crippen molar-refractivity contribution < 1.29 is 8.78 Å². The van der Waals surface area contributed by atoms with Gasteiger partial charge >= 0.3 is 0 Å². The van der Waals surface area contributed by atoms with E-state index in [1.807, 2.05) is 10.9 Å². The maximum atomic E-state index is 13.4. The third-order valence-corrected chi connectivity index (χ3v) is 4.32. The predicted octanol–water partition coefficient (Wildman–Crippen LogP) is 4.37. The van der Waals surface area contributed by atoms with Crippen LogP contribution in [-0.2, 0) is 6.54 Å². The van der Waals surface area contributed by atoms with E-state index in [9.17, 15) is 8.78 Å². The molecule has 0 amide bonds. The molecule has 1 heterocycles. The number of hydrogen-bond donors (Lipinski definition) is 1. The van der Waals surface area contributed by atoms with Crippen LogP contribution in [0.1, 0.15) is 19.4 Å². The number of rotatable bonds is 9. The van der Waals surface area contributed by atoms with Crippen molar-refractivity contribution in [1.29, 1.82) is 0 Å². The van der Waals surface area contributed by atoms with E-state index >= 15 is 0 Å². The molecule has 27 heavy (non-hydrogen) atoms. The Hall–Kier alpha value is -2.73. The highest BCUT2D eigenvalue weighted by Crippen LogP contribution is 2.29. The molecule has 2 rings (SSSR count). The summed E-state index contributed by atoms with van der Waals surface area (Å²) in [6.07, 6.45) is 6.33. The third-order valence-electron chi connectivity index (χ3n) is 4.32. The van der Waals surface area contributed by atoms with E-state index in [-0.39, 0.29) is 5.82 Å². The number of allylic oxidation sites excluding steroid dienone is 4. The Labute approximate surface area is 159 Å². The van der Waals surface area contributed by atoms with Crippen LogP contribution in [0, 0.1) is 5.82 Å². The van der Waals surface area contributed by atoms with E-state index < -0.39 is 5.95 Å². The molecule has 0 atom stereocenters. The van der Waals surface area contributed by atoms with Crippen molar-refractivity contribution in [2.24, 2.45) is 5.73 Å². The lowest BCUT2D eigenvalue weighted by Crippen LogP contribution is -2.27. The summed E-state index contributed by atoms with van der Waals surface area (Å²) in [7, 11) is 0. The van der Waals surface area contributed by atoms with Gasteiger partial charge in [0.25, 0.3) is 0 Å². The van der Waals surface area contributed by atoms with Gasteiger partial charge in [0.1, 0.15) is 11.5 Å². The first-order valence-electron chi connectivity index (χ1n) is 9.00. The van der Waals surface area contributed by atoms with Crippen molar-refractivity contribution in [1.82, 2.24) is 14.7 Å². The van der Waals surface area contributed by atoms with E-state index in [1.54, 1.807) is 24.3 Å². The lowest BCUT2D eigenvalue weighted by molar-refractivity contribution is 0.285. The Morgan fingerprint density at radius 2 is 1.93 bits per heavy atom. The fourth-order valence-corrected chi connectivity index (χ4v) is 2.84. The molecule has 4 nitrogen and oxygen atoms in total. The van der Waals surface area contributed by atoms with Gasteiger partial charge in [0, 0.05) is 23.9 Å². The standard InChI is InChI=1S/C21H26F2N4/c1-4-7-17(14-20(23)24)19-15-27(13-12-26(5-2)6-3)25-21(19)16-8-10-18(22)11-9-16/h4,7-11,14-15H,1,5-6,12-13,24H2,2-3H3/b17-7+,20-14-. The van der Waals surface area contributed by atoms with Crippen LogP contribution in [0.25, 0.3) is 16.8 Å². The molecule has 0 aliphatic heterocycles. The first-order valence-corrected chi connectivity index (χ1v) is 9.00. The second kappa shape index (κ2) is 9.83. The Balaban J connectivity index is 2.48. The molecule has 0 fully saturated rings. The van der Waals surface area contributed by atoms with Gasteiger partial charge in [0.2, 0.25) is 0 Å². The van der Waals surface area contributed by atoms with E-state index in [0.29, 0.717) is 23.4 Å². The number of aromatic nitrogens is 2. The number of halogens is 2. The summed E-state index contributed by atoms with van der Waals surface area (Å²) in [4.78, 5) is 2.29. The average molecular weight is 372 g/mol. The summed E-state index contributed by atoms with van der Waals surface area (Å²) >= 11 is 0. The van der Waals surface area contributed by atoms with Crippen molar-refractivity contribution in [3.63, 3.8) is 0 Å². The van der Waals surface area contributed by atoms with Crippen molar-refractivity contribution in [3.8, 4) is 11.3 Å². The molecule has 0 saturated carbocycles. The van der Waals surface area contributed by atoms with Gasteiger partial charge in [-0.2, -0.15) is 9.49 Å². The summed E-state index contributed by atoms with van der Waals surface area (Å²) in [6, 6.07) is 6.07. The smallest absolute Gasteiger partial charge is 0.185 e. The van der Waals surface area contributed by atoms with Crippen LogP contribution in [-0.4, -0.2) is 34.3 Å². The third kappa shape index (κ3) is 5.62. The van der Waals surface area contributed by atoms with Crippen molar-refractivity contribution in [2.75, 3.05) is 19.6 Å². The molecule has 0 saturated heterocycles. The Bertz CT molecular complexity index is 811. The van der Waals surface area contributed by atoms with Crippen molar-refractivity contribution >= 4 is 5.57 Å². The van der Waals surface area contributed by atoms with Crippen molar-refractivity contribution in [3.05, 3.63) is 72.6 Å². The van der Waals surface area contributed by atoms with E-state index in [4.69, 9.17) is 5.73 Å². The summed E-state index contributed by atoms with van der Waals surface area (Å²) in [6.45, 7) is 11.4. The largest absolute Gasteiger partial charge is 0.376 e. The lowest BCUT2D eigenvalue weighted by Gasteiger charge is -2.17. The first-order chi connectivity index (χ1) is 13.0. The van der Waals surface area contributed by atoms with Crippen LogP contribution in [0.2, 0.25) is 0 Å². The molecule has 0 unspecified atom stereocenters. The van der Waals surface area contributed by atoms with Crippen LogP contribution >= 0.6 is 0 Å². The summed E-state index contributed by atoms with van der Waals surface area (Å²) in [5, 5.41) is 4.66. The van der Waals surface area contributed by atoms with Crippen LogP contribution < -0.4 is 5.73 Å². The zero-order valence-electron chi connectivity index (χ0n) is 15.8. The summed E-state index contributed by atoms with van der Waals surface area (Å²) in [5.74, 6) is -1.12. The molecule has 2 N–H and O–H groups in total. The molecular formula is C21H26F2N4. The van der Waals surface area contributed by atoms with Gasteiger partial charge in [-0.25, -0.2) is 4.39 Å². The maximum Gasteiger partial charge on any atom is 0.185 e. The Morgan fingerprint density at radius 3 is 2.48 bits per heavy atom. The quantitative estimate of drug-likeness (QED) is 0.525. The number of likely N-dealkylation sites (N-methyl/N-ethyl adjacent to an activating group) is 1. The molecule has 0 spiro atoms. The van der Waals surface area contributed by atoms with E-state index in [2.05, 4.69) is 30.4 Å². The highest BCUT2D eigenvalue weighted by atomic mass is 19.1. The number of hydrogen-bond acceptors (Lipinski definition) is 3. The van der Waals surface area contributed by atoms with Crippen LogP contribution in [0.3, 0.4) is 0 Å². The fourth-order valence-electron chi connectivity index (χ4n) is 2.84. The number of nitrogens with zero attached hydrogens (tertiary/aromatic N) is 3. The zero-order chi connectivity index (χ0) is 19.8. The maximum absolute atomic E-state index is 13.4. The van der Waals surface area contributed by atoms with Crippen molar-refractivity contribution in [2.45, 2.75) is 20.4 Å². The van der Waals surface area contributed by atoms with E-state index in [0.717, 1.165) is 25.2 Å². The lowest BCUT2D eigenvalue weighted by atomic mass is 10.0. The van der Waals surface area contributed by atoms with Gasteiger partial charge in [-0.15, -0.1) is 0 Å². The molecule has 144 valence electrons. The van der Waals surface area contributed by atoms with Crippen LogP contribution in [0.5, 0.6) is 0 Å². The first kappa shape index (κ1) is 20.6. The molecule has 0 aliphatic carbocycles. The van der Waals surface area contributed by atoms with E-state index in [1.165, 1.54) is 18.2 Å². The highest BCUT2D eigenvalue weighted by molar-refractivity contribution is 5.84. The fraction of sp³-hybridized carbons (Fsp3) is 0.286. The molecular weight excluding hydrogens is 346 g/mol. The van der Waals surface area contributed by atoms with Crippen LogP contribution in [0.15, 0.2) is 61.2 Å². The second-order valence-corrected chi connectivity index (χ2v) is 6.08. The molecule has 2 aromatic rings. The van der Waals surface area contributed by atoms with Crippen LogP contribution in [0.4, 0.5) is 8.78 Å². The van der Waals surface area contributed by atoms with Gasteiger partial charge in [0.15, 0.2) is 5.95 Å². The predicted molar refractivity (Wildman–Crippen MR) is 107 cm³/mol. The molecule has 1 aromatic carbocycles. The molecule has 0 radical (unpaired) electrons. The average Bonchev–Trinajstić information content (AvgIpc) is 3.06. The monoisotopic (exact) mass is 372 g/mol. The topological polar surface area (TPSA) is 47.1 Å². The molecule has 0 aliphatic rings. The minimum Gasteiger partial charge on any atom is -0.376 e. The van der Waals surface area contributed by atoms with Gasteiger partial charge in [-0.3, -0.25) is 4.68 Å². The van der Waals surface area contributed by atoms with Gasteiger partial charge in [0.05, 0.1) is 6.54 Å². The Morgan fingerprint density at radius 1 is 1.26 bits per heavy atom. The highest BCUT2D eigenvalue weighted by Gasteiger charge is 2.15. The SMILES string of the molecule is C=C/C=C(\C=C(/N)F)c1cn(CCN(CC)CC)nc1-c1ccc(F)cc1. The Kier molecular flexibility index (Phi) is 7.49. The minimum absolute atomic E-state index is 0.323. The molecule has 0 bridgehead atoms. The van der Waals surface area contributed by atoms with Gasteiger partial charge in [-0.05, 0) is 49.0 Å². The zero-order valence-corrected chi connectivity index (χ0v) is 15.8. The summed E-state index contributed by atoms with van der Waals surface area (Å²) in [5.41, 5.74) is 7.89.